The van der Waals surface area contributed by atoms with Crippen molar-refractivity contribution < 1.29 is 17.3 Å². The number of halogens is 1. The molecule has 2 aromatic rings. The molecule has 1 aromatic carbocycles. The van der Waals surface area contributed by atoms with E-state index in [2.05, 4.69) is 18.3 Å². The van der Waals surface area contributed by atoms with E-state index in [0.717, 1.165) is 17.3 Å². The average Bonchev–Trinajstić information content (AvgIpc) is 2.53. The number of fused-ring (bicyclic) bond motifs is 1. The van der Waals surface area contributed by atoms with E-state index in [-0.39, 0.29) is 0 Å². The Balaban J connectivity index is 0.000000336. The van der Waals surface area contributed by atoms with Crippen LogP contribution in [0.1, 0.15) is 0 Å². The quantitative estimate of drug-likeness (QED) is 0.485. The molecule has 0 unspecified atom stereocenters. The number of hydrogen-bond acceptors (Lipinski definition) is 0. The molecule has 0 bridgehead atoms. The minimum atomic E-state index is 0.847. The van der Waals surface area contributed by atoms with Crippen molar-refractivity contribution in [2.75, 3.05) is 0 Å². The van der Waals surface area contributed by atoms with Gasteiger partial charge >= 0.3 is 27.0 Å². The van der Waals surface area contributed by atoms with E-state index >= 15 is 0 Å². The number of benzene rings is 1. The first kappa shape index (κ1) is 9.76. The summed E-state index contributed by atoms with van der Waals surface area (Å²) in [5, 5.41) is 1.25. The van der Waals surface area contributed by atoms with Crippen LogP contribution in [-0.2, 0) is 24.4 Å². The van der Waals surface area contributed by atoms with Crippen molar-refractivity contribution in [3.05, 3.63) is 36.5 Å². The summed E-state index contributed by atoms with van der Waals surface area (Å²) in [5.74, 6) is 0. The number of rotatable bonds is 0. The molecule has 0 aliphatic rings. The summed E-state index contributed by atoms with van der Waals surface area (Å²) < 4.78 is 2.00. The second-order valence-electron chi connectivity index (χ2n) is 2.39. The number of aryl methyl sites for hydroxylation is 1. The fraction of sp³-hybridized carbons (Fsp3) is 0.111. The molecule has 1 nitrogen and oxygen atoms in total. The van der Waals surface area contributed by atoms with Gasteiger partial charge in [-0.25, -0.2) is 0 Å². The van der Waals surface area contributed by atoms with Gasteiger partial charge in [0.1, 0.15) is 0 Å². The molecule has 0 atom stereocenters. The first-order chi connectivity index (χ1) is 5.88. The molecule has 0 amide bonds. The Morgan fingerprint density at radius 2 is 2.00 bits per heavy atom. The second kappa shape index (κ2) is 4.64. The molecule has 0 aliphatic heterocycles. The third-order valence-corrected chi connectivity index (χ3v) is 1.71. The Morgan fingerprint density at radius 3 is 2.67 bits per heavy atom. The molecule has 58 valence electrons. The zero-order valence-electron chi connectivity index (χ0n) is 6.92. The van der Waals surface area contributed by atoms with E-state index in [1.807, 2.05) is 29.8 Å². The maximum absolute atomic E-state index is 4.76. The van der Waals surface area contributed by atoms with Crippen molar-refractivity contribution in [2.24, 2.45) is 7.05 Å². The van der Waals surface area contributed by atoms with Gasteiger partial charge in [0, 0.05) is 0 Å². The van der Waals surface area contributed by atoms with Crippen LogP contribution in [0, 0.1) is 6.20 Å². The van der Waals surface area contributed by atoms with Crippen molar-refractivity contribution in [3.8, 4) is 0 Å². The van der Waals surface area contributed by atoms with Gasteiger partial charge in [0.2, 0.25) is 0 Å². The summed E-state index contributed by atoms with van der Waals surface area (Å²) in [5.41, 5.74) is 1.24. The molecule has 12 heavy (non-hydrogen) atoms. The number of hydrogen-bond donors (Lipinski definition) is 0. The van der Waals surface area contributed by atoms with Crippen LogP contribution in [0.25, 0.3) is 10.9 Å². The van der Waals surface area contributed by atoms with Gasteiger partial charge in [-0.2, -0.15) is 11.5 Å². The number of aromatic nitrogens is 1. The molecule has 0 radical (unpaired) electrons. The number of para-hydroxylation sites is 1. The van der Waals surface area contributed by atoms with Crippen molar-refractivity contribution in [2.45, 2.75) is 0 Å². The zero-order valence-corrected chi connectivity index (χ0v) is 10.6. The summed E-state index contributed by atoms with van der Waals surface area (Å²) in [6.45, 7) is 0. The van der Waals surface area contributed by atoms with Crippen LogP contribution in [0.4, 0.5) is 0 Å². The van der Waals surface area contributed by atoms with E-state index in [1.165, 1.54) is 10.9 Å². The molecule has 2 rings (SSSR count). The van der Waals surface area contributed by atoms with Gasteiger partial charge in [-0.1, -0.05) is 12.1 Å². The summed E-state index contributed by atoms with van der Waals surface area (Å²) in [4.78, 5) is 0. The standard InChI is InChI=1S/C9H8N.ClH.Zn/c1-10-7-6-8-4-2-3-5-9(8)10;;/h2-6H,1H3;1H;/q-1;;+2/p-1. The van der Waals surface area contributed by atoms with E-state index < -0.39 is 0 Å². The molecule has 0 N–H and O–H groups in total. The molecule has 0 saturated heterocycles. The van der Waals surface area contributed by atoms with Crippen LogP contribution in [0.15, 0.2) is 30.3 Å². The van der Waals surface area contributed by atoms with Crippen LogP contribution in [0.2, 0.25) is 0 Å². The Bertz CT molecular complexity index is 356. The Morgan fingerprint density at radius 1 is 1.33 bits per heavy atom. The summed E-state index contributed by atoms with van der Waals surface area (Å²) in [6, 6.07) is 10.2. The molecule has 1 heterocycles. The molecule has 0 aliphatic carbocycles. The van der Waals surface area contributed by atoms with Gasteiger partial charge in [-0.15, -0.1) is 23.8 Å². The third-order valence-electron chi connectivity index (χ3n) is 1.71. The summed E-state index contributed by atoms with van der Waals surface area (Å²) in [7, 11) is 6.77. The topological polar surface area (TPSA) is 4.93 Å². The Hall–Kier alpha value is -0.327. The molecule has 0 saturated carbocycles. The number of nitrogens with zero attached hydrogens (tertiary/aromatic N) is 1. The second-order valence-corrected chi connectivity index (χ2v) is 2.39. The summed E-state index contributed by atoms with van der Waals surface area (Å²) in [6.07, 6.45) is 3.09. The van der Waals surface area contributed by atoms with Crippen LogP contribution in [-0.4, -0.2) is 4.57 Å². The monoisotopic (exact) mass is 229 g/mol. The van der Waals surface area contributed by atoms with Crippen molar-refractivity contribution in [1.82, 2.24) is 4.57 Å². The SMILES string of the molecule is Cn1[c-]cc2ccccc21.[Cl][Zn+]. The van der Waals surface area contributed by atoms with Crippen molar-refractivity contribution in [1.29, 1.82) is 0 Å². The van der Waals surface area contributed by atoms with Gasteiger partial charge in [-0.05, 0) is 7.05 Å². The van der Waals surface area contributed by atoms with E-state index in [9.17, 15) is 0 Å². The van der Waals surface area contributed by atoms with Crippen LogP contribution in [0.5, 0.6) is 0 Å². The minimum absolute atomic E-state index is 0.847. The van der Waals surface area contributed by atoms with Gasteiger partial charge < -0.3 is 4.57 Å². The van der Waals surface area contributed by atoms with E-state index in [0.29, 0.717) is 0 Å². The molecule has 3 heteroatoms. The van der Waals surface area contributed by atoms with Crippen molar-refractivity contribution in [3.63, 3.8) is 0 Å². The van der Waals surface area contributed by atoms with Crippen LogP contribution >= 0.6 is 9.69 Å². The molecule has 0 spiro atoms. The van der Waals surface area contributed by atoms with Gasteiger partial charge in [0.05, 0.1) is 0 Å². The van der Waals surface area contributed by atoms with Crippen LogP contribution in [0.3, 0.4) is 0 Å². The zero-order chi connectivity index (χ0) is 8.97. The molecule has 1 aromatic heterocycles. The fourth-order valence-corrected chi connectivity index (χ4v) is 1.15. The predicted molar refractivity (Wildman–Crippen MR) is 47.6 cm³/mol. The van der Waals surface area contributed by atoms with Crippen molar-refractivity contribution >= 4 is 20.6 Å². The molecule has 0 fully saturated rings. The van der Waals surface area contributed by atoms with Gasteiger partial charge in [0.15, 0.2) is 0 Å². The Kier molecular flexibility index (Phi) is 3.77. The maximum atomic E-state index is 4.76. The normalized spacial score (nSPS) is 9.33. The fourth-order valence-electron chi connectivity index (χ4n) is 1.15. The van der Waals surface area contributed by atoms with Gasteiger partial charge in [0.25, 0.3) is 0 Å². The average molecular weight is 231 g/mol. The first-order valence-corrected chi connectivity index (χ1v) is 7.47. The molecular formula is C9H8ClNZn. The predicted octanol–water partition coefficient (Wildman–Crippen LogP) is 2.67. The van der Waals surface area contributed by atoms with E-state index in [4.69, 9.17) is 9.69 Å². The van der Waals surface area contributed by atoms with Gasteiger partial charge in [-0.3, -0.25) is 0 Å². The molecular weight excluding hydrogens is 223 g/mol. The first-order valence-electron chi connectivity index (χ1n) is 3.57. The van der Waals surface area contributed by atoms with Crippen LogP contribution < -0.4 is 0 Å². The summed E-state index contributed by atoms with van der Waals surface area (Å²) >= 11 is 0.847. The Labute approximate surface area is 86.1 Å². The van der Waals surface area contributed by atoms with E-state index in [1.54, 1.807) is 0 Å². The third kappa shape index (κ3) is 1.88.